The Morgan fingerprint density at radius 3 is 2.39 bits per heavy atom. The lowest BCUT2D eigenvalue weighted by Gasteiger charge is -2.66. The van der Waals surface area contributed by atoms with Gasteiger partial charge in [-0.25, -0.2) is 0 Å². The van der Waals surface area contributed by atoms with Crippen molar-refractivity contribution in [1.82, 2.24) is 0 Å². The Balaban J connectivity index is 1.60. The molecule has 0 radical (unpaired) electrons. The first-order chi connectivity index (χ1) is 20.6. The Labute approximate surface area is 263 Å². The zero-order valence-electron chi connectivity index (χ0n) is 27.5. The number of aldehydes is 1. The third-order valence-corrected chi connectivity index (χ3v) is 13.4. The van der Waals surface area contributed by atoms with Crippen LogP contribution in [0.25, 0.3) is 0 Å². The highest BCUT2D eigenvalue weighted by Crippen LogP contribution is 2.75. The molecule has 1 aliphatic heterocycles. The second-order valence-electron chi connectivity index (χ2n) is 15.9. The molecule has 4 fully saturated rings. The molecule has 14 unspecified atom stereocenters. The highest BCUT2D eigenvalue weighted by Gasteiger charge is 2.71. The van der Waals surface area contributed by atoms with Crippen LogP contribution in [0.15, 0.2) is 36.0 Å². The minimum absolute atomic E-state index is 0.0330. The molecule has 5 rings (SSSR count). The van der Waals surface area contributed by atoms with Crippen molar-refractivity contribution >= 4 is 6.29 Å². The molecule has 3 saturated carbocycles. The van der Waals surface area contributed by atoms with Crippen LogP contribution in [0.4, 0.5) is 0 Å². The van der Waals surface area contributed by atoms with E-state index in [1.54, 1.807) is 0 Å². The Morgan fingerprint density at radius 2 is 1.75 bits per heavy atom. The molecule has 248 valence electrons. The van der Waals surface area contributed by atoms with E-state index in [9.17, 15) is 30.3 Å². The zero-order chi connectivity index (χ0) is 32.4. The highest BCUT2D eigenvalue weighted by molar-refractivity contribution is 5.65. The Morgan fingerprint density at radius 1 is 1.05 bits per heavy atom. The fourth-order valence-corrected chi connectivity index (χ4v) is 10.6. The first kappa shape index (κ1) is 34.0. The third-order valence-electron chi connectivity index (χ3n) is 13.4. The predicted molar refractivity (Wildman–Crippen MR) is 167 cm³/mol. The van der Waals surface area contributed by atoms with Crippen molar-refractivity contribution in [3.63, 3.8) is 0 Å². The fourth-order valence-electron chi connectivity index (χ4n) is 10.6. The molecule has 0 aromatic heterocycles. The zero-order valence-corrected chi connectivity index (χ0v) is 27.5. The van der Waals surface area contributed by atoms with Crippen molar-refractivity contribution in [3.05, 3.63) is 36.0 Å². The summed E-state index contributed by atoms with van der Waals surface area (Å²) in [6.07, 6.45) is 5.25. The maximum Gasteiger partial charge on any atom is 0.187 e. The Kier molecular flexibility index (Phi) is 9.26. The number of carbonyl (C=O) groups excluding carboxylic acids is 1. The molecule has 0 aromatic carbocycles. The number of allylic oxidation sites excluding steroid dienone is 3. The monoisotopic (exact) mass is 616 g/mol. The molecule has 5 N–H and O–H groups in total. The predicted octanol–water partition coefficient (Wildman–Crippen LogP) is 4.09. The number of rotatable bonds is 8. The van der Waals surface area contributed by atoms with Crippen molar-refractivity contribution in [2.75, 3.05) is 6.61 Å². The van der Waals surface area contributed by atoms with Crippen molar-refractivity contribution in [1.29, 1.82) is 0 Å². The highest BCUT2D eigenvalue weighted by atomic mass is 16.7. The molecule has 14 atom stereocenters. The van der Waals surface area contributed by atoms with Gasteiger partial charge in [-0.05, 0) is 80.5 Å². The summed E-state index contributed by atoms with van der Waals surface area (Å²) in [5, 5.41) is 53.0. The first-order valence-electron chi connectivity index (χ1n) is 16.7. The van der Waals surface area contributed by atoms with Gasteiger partial charge in [-0.3, -0.25) is 0 Å². The van der Waals surface area contributed by atoms with Crippen molar-refractivity contribution in [3.8, 4) is 0 Å². The molecular formula is C36H56O8. The molecule has 4 aliphatic carbocycles. The lowest BCUT2D eigenvalue weighted by atomic mass is 9.38. The summed E-state index contributed by atoms with van der Waals surface area (Å²) >= 11 is 0. The van der Waals surface area contributed by atoms with E-state index in [0.717, 1.165) is 43.3 Å². The van der Waals surface area contributed by atoms with E-state index in [0.29, 0.717) is 24.7 Å². The molecule has 0 aromatic rings. The van der Waals surface area contributed by atoms with Crippen LogP contribution < -0.4 is 0 Å². The van der Waals surface area contributed by atoms with Crippen molar-refractivity contribution < 1.29 is 39.8 Å². The van der Waals surface area contributed by atoms with Crippen LogP contribution in [0.2, 0.25) is 0 Å². The Bertz CT molecular complexity index is 1160. The van der Waals surface area contributed by atoms with Crippen LogP contribution in [-0.4, -0.2) is 81.3 Å². The molecule has 44 heavy (non-hydrogen) atoms. The molecule has 8 nitrogen and oxygen atoms in total. The lowest BCUT2D eigenvalue weighted by Crippen LogP contribution is -2.66. The van der Waals surface area contributed by atoms with Gasteiger partial charge in [0.1, 0.15) is 30.7 Å². The van der Waals surface area contributed by atoms with E-state index in [2.05, 4.69) is 45.6 Å². The molecule has 0 bridgehead atoms. The van der Waals surface area contributed by atoms with Crippen LogP contribution in [0, 0.1) is 45.3 Å². The van der Waals surface area contributed by atoms with Gasteiger partial charge in [0.25, 0.3) is 0 Å². The molecule has 1 saturated heterocycles. The normalized spacial score (nSPS) is 49.0. The summed E-state index contributed by atoms with van der Waals surface area (Å²) < 4.78 is 12.5. The van der Waals surface area contributed by atoms with E-state index in [1.807, 2.05) is 20.8 Å². The summed E-state index contributed by atoms with van der Waals surface area (Å²) in [7, 11) is 0. The van der Waals surface area contributed by atoms with Gasteiger partial charge in [-0.15, -0.1) is 0 Å². The molecule has 0 spiro atoms. The smallest absolute Gasteiger partial charge is 0.187 e. The third kappa shape index (κ3) is 5.02. The number of hydrogen-bond donors (Lipinski definition) is 5. The summed E-state index contributed by atoms with van der Waals surface area (Å²) in [6.45, 7) is 16.6. The Hall–Kier alpha value is -1.39. The van der Waals surface area contributed by atoms with Gasteiger partial charge in [0.2, 0.25) is 0 Å². The number of aliphatic hydroxyl groups is 5. The molecule has 8 heteroatoms. The van der Waals surface area contributed by atoms with Crippen LogP contribution in [0.3, 0.4) is 0 Å². The minimum Gasteiger partial charge on any atom is -0.394 e. The average molecular weight is 617 g/mol. The van der Waals surface area contributed by atoms with Crippen molar-refractivity contribution in [2.45, 2.75) is 129 Å². The largest absolute Gasteiger partial charge is 0.394 e. The minimum atomic E-state index is -1.56. The number of ether oxygens (including phenoxy) is 2. The second kappa shape index (κ2) is 12.0. The number of carbonyl (C=O) groups is 1. The summed E-state index contributed by atoms with van der Waals surface area (Å²) in [5.74, 6) is 0.607. The molecule has 5 aliphatic rings. The van der Waals surface area contributed by atoms with Gasteiger partial charge >= 0.3 is 0 Å². The first-order valence-corrected chi connectivity index (χ1v) is 16.7. The summed E-state index contributed by atoms with van der Waals surface area (Å²) in [5.41, 5.74) is 0.370. The van der Waals surface area contributed by atoms with Gasteiger partial charge in [-0.1, -0.05) is 70.6 Å². The topological polar surface area (TPSA) is 137 Å². The van der Waals surface area contributed by atoms with Crippen LogP contribution in [-0.2, 0) is 14.3 Å². The van der Waals surface area contributed by atoms with Gasteiger partial charge in [0.15, 0.2) is 6.29 Å². The summed E-state index contributed by atoms with van der Waals surface area (Å²) in [6, 6.07) is 0. The molecule has 1 heterocycles. The fraction of sp³-hybridized carbons (Fsp3) is 0.806. The van der Waals surface area contributed by atoms with Crippen LogP contribution in [0.1, 0.15) is 86.5 Å². The van der Waals surface area contributed by atoms with Gasteiger partial charge < -0.3 is 39.8 Å². The van der Waals surface area contributed by atoms with Crippen molar-refractivity contribution in [2.24, 2.45) is 45.3 Å². The van der Waals surface area contributed by atoms with Crippen LogP contribution in [0.5, 0.6) is 0 Å². The van der Waals surface area contributed by atoms with E-state index in [4.69, 9.17) is 9.47 Å². The van der Waals surface area contributed by atoms with E-state index in [-0.39, 0.29) is 22.7 Å². The standard InChI is InChI=1S/C36H56O8/c1-20(2)9-8-10-21(3)22-13-14-35(7)31-25(43-32-30(42)29(41)28(40)26(18-37)44-32)17-24-23(11-12-27(39)33(24,4)5)36(31,19-38)16-15-34(22,35)6/h8-9,17,19,21-23,25-32,37,39-42H,1,10-16,18H2,2-7H3/b9-8+. The summed E-state index contributed by atoms with van der Waals surface area (Å²) in [4.78, 5) is 13.7. The van der Waals surface area contributed by atoms with E-state index < -0.39 is 60.4 Å². The van der Waals surface area contributed by atoms with E-state index >= 15 is 0 Å². The SMILES string of the molecule is C=C(C)/C=C/CC(C)C1CCC2(C)C3C(OC4OC(CO)C(O)C(O)C4O)C=C4C(CCC(O)C4(C)C)C3(C=O)CCC12C. The number of aliphatic hydroxyl groups excluding tert-OH is 5. The van der Waals surface area contributed by atoms with Crippen LogP contribution >= 0.6 is 0 Å². The second-order valence-corrected chi connectivity index (χ2v) is 15.9. The van der Waals surface area contributed by atoms with Gasteiger partial charge in [0.05, 0.1) is 18.8 Å². The quantitative estimate of drug-likeness (QED) is 0.156. The lowest BCUT2D eigenvalue weighted by molar-refractivity contribution is -0.321. The number of fused-ring (bicyclic) bond motifs is 5. The van der Waals surface area contributed by atoms with Gasteiger partial charge in [0, 0.05) is 16.7 Å². The van der Waals surface area contributed by atoms with E-state index in [1.165, 1.54) is 6.29 Å². The maximum absolute atomic E-state index is 13.7. The maximum atomic E-state index is 13.7. The number of hydrogen-bond acceptors (Lipinski definition) is 8. The van der Waals surface area contributed by atoms with Gasteiger partial charge in [-0.2, -0.15) is 0 Å². The molecular weight excluding hydrogens is 560 g/mol. The molecule has 0 amide bonds. The average Bonchev–Trinajstić information content (AvgIpc) is 3.25.